The van der Waals surface area contributed by atoms with E-state index in [4.69, 9.17) is 21.1 Å². The maximum atomic E-state index is 5.92. The molecule has 0 radical (unpaired) electrons. The molecule has 3 rings (SSSR count). The molecule has 1 heterocycles. The Bertz CT molecular complexity index is 612. The Balaban J connectivity index is 1.67. The van der Waals surface area contributed by atoms with Gasteiger partial charge in [-0.2, -0.15) is 0 Å². The highest BCUT2D eigenvalue weighted by Gasteiger charge is 2.23. The minimum absolute atomic E-state index is 0.0499. The van der Waals surface area contributed by atoms with E-state index in [0.29, 0.717) is 12.5 Å². The van der Waals surface area contributed by atoms with E-state index in [1.165, 1.54) is 5.56 Å². The number of ether oxygens (including phenoxy) is 2. The molecular weight excluding hydrogens is 419 g/mol. The van der Waals surface area contributed by atoms with E-state index >= 15 is 0 Å². The van der Waals surface area contributed by atoms with Crippen molar-refractivity contribution in [2.24, 2.45) is 0 Å². The lowest BCUT2D eigenvalue weighted by Gasteiger charge is -2.15. The van der Waals surface area contributed by atoms with Gasteiger partial charge in [-0.3, -0.25) is 0 Å². The van der Waals surface area contributed by atoms with Gasteiger partial charge >= 0.3 is 0 Å². The third kappa shape index (κ3) is 3.38. The zero-order valence-electron chi connectivity index (χ0n) is 11.1. The number of para-hydroxylation sites is 1. The van der Waals surface area contributed by atoms with Gasteiger partial charge in [-0.25, -0.2) is 0 Å². The summed E-state index contributed by atoms with van der Waals surface area (Å²) in [6, 6.07) is 12.0. The Morgan fingerprint density at radius 2 is 1.90 bits per heavy atom. The Hall–Kier alpha value is -0.710. The van der Waals surface area contributed by atoms with Crippen molar-refractivity contribution in [2.45, 2.75) is 18.4 Å². The second-order valence-electron chi connectivity index (χ2n) is 4.88. The van der Waals surface area contributed by atoms with Gasteiger partial charge in [0.25, 0.3) is 0 Å². The molecule has 1 unspecified atom stereocenters. The van der Waals surface area contributed by atoms with E-state index in [2.05, 4.69) is 37.9 Å². The number of hydrogen-bond acceptors (Lipinski definition) is 2. The van der Waals surface area contributed by atoms with E-state index in [1.807, 2.05) is 30.3 Å². The average molecular weight is 433 g/mol. The predicted octanol–water partition coefficient (Wildman–Crippen LogP) is 5.33. The highest BCUT2D eigenvalue weighted by Crippen LogP contribution is 2.36. The van der Waals surface area contributed by atoms with Crippen molar-refractivity contribution in [3.05, 3.63) is 56.5 Å². The topological polar surface area (TPSA) is 18.5 Å². The van der Waals surface area contributed by atoms with Crippen molar-refractivity contribution in [3.63, 3.8) is 0 Å². The van der Waals surface area contributed by atoms with Gasteiger partial charge in [0.1, 0.15) is 24.2 Å². The molecule has 0 aromatic heterocycles. The normalized spacial score (nSPS) is 16.4. The molecule has 2 aromatic carbocycles. The monoisotopic (exact) mass is 430 g/mol. The van der Waals surface area contributed by atoms with Crippen LogP contribution < -0.4 is 9.47 Å². The number of hydrogen-bond donors (Lipinski definition) is 0. The van der Waals surface area contributed by atoms with Crippen molar-refractivity contribution < 1.29 is 9.47 Å². The van der Waals surface area contributed by atoms with Crippen molar-refractivity contribution >= 4 is 43.5 Å². The third-order valence-electron chi connectivity index (χ3n) is 3.34. The second-order valence-corrected chi connectivity index (χ2v) is 6.86. The summed E-state index contributed by atoms with van der Waals surface area (Å²) in [5.74, 6) is 2.21. The van der Waals surface area contributed by atoms with Gasteiger partial charge in [0, 0.05) is 12.3 Å². The van der Waals surface area contributed by atoms with Crippen LogP contribution in [0.1, 0.15) is 11.1 Å². The Kier molecular flexibility index (Phi) is 4.77. The average Bonchev–Trinajstić information content (AvgIpc) is 2.88. The van der Waals surface area contributed by atoms with Crippen LogP contribution in [0.3, 0.4) is 0 Å². The lowest BCUT2D eigenvalue weighted by Crippen LogP contribution is -2.22. The van der Waals surface area contributed by atoms with E-state index in [1.54, 1.807) is 0 Å². The van der Waals surface area contributed by atoms with Crippen LogP contribution >= 0.6 is 43.5 Å². The summed E-state index contributed by atoms with van der Waals surface area (Å²) in [6.45, 7) is 0.506. The highest BCUT2D eigenvalue weighted by molar-refractivity contribution is 9.11. The molecule has 2 aromatic rings. The first-order valence-corrected chi connectivity index (χ1v) is 8.70. The summed E-state index contributed by atoms with van der Waals surface area (Å²) in [6.07, 6.45) is 0.930. The van der Waals surface area contributed by atoms with Gasteiger partial charge in [0.05, 0.1) is 8.95 Å². The van der Waals surface area contributed by atoms with Gasteiger partial charge in [0.2, 0.25) is 0 Å². The number of benzene rings is 2. The molecule has 0 bridgehead atoms. The molecule has 0 aliphatic carbocycles. The predicted molar refractivity (Wildman–Crippen MR) is 91.5 cm³/mol. The molecule has 1 aliphatic rings. The maximum Gasteiger partial charge on any atom is 0.147 e. The molecule has 0 fully saturated rings. The largest absolute Gasteiger partial charge is 0.487 e. The minimum atomic E-state index is 0.0499. The number of rotatable bonds is 4. The molecule has 0 amide bonds. The summed E-state index contributed by atoms with van der Waals surface area (Å²) in [4.78, 5) is 0. The minimum Gasteiger partial charge on any atom is -0.487 e. The summed E-state index contributed by atoms with van der Waals surface area (Å²) in [5, 5.41) is 0. The van der Waals surface area contributed by atoms with Gasteiger partial charge in [0.15, 0.2) is 0 Å². The van der Waals surface area contributed by atoms with Crippen molar-refractivity contribution in [1.82, 2.24) is 0 Å². The van der Waals surface area contributed by atoms with E-state index < -0.39 is 0 Å². The SMILES string of the molecule is ClCc1cc(Br)c(OCC2Cc3ccccc3O2)c(Br)c1. The quantitative estimate of drug-likeness (QED) is 0.608. The summed E-state index contributed by atoms with van der Waals surface area (Å²) in [5.41, 5.74) is 2.27. The number of alkyl halides is 1. The van der Waals surface area contributed by atoms with Crippen LogP contribution in [0.25, 0.3) is 0 Å². The molecule has 5 heteroatoms. The van der Waals surface area contributed by atoms with E-state index in [-0.39, 0.29) is 6.10 Å². The summed E-state index contributed by atoms with van der Waals surface area (Å²) in [7, 11) is 0. The zero-order valence-corrected chi connectivity index (χ0v) is 15.0. The molecule has 110 valence electrons. The number of halogens is 3. The molecule has 2 nitrogen and oxygen atoms in total. The van der Waals surface area contributed by atoms with E-state index in [9.17, 15) is 0 Å². The Morgan fingerprint density at radius 1 is 1.19 bits per heavy atom. The first-order chi connectivity index (χ1) is 10.2. The first-order valence-electron chi connectivity index (χ1n) is 6.58. The molecule has 0 saturated carbocycles. The highest BCUT2D eigenvalue weighted by atomic mass is 79.9. The van der Waals surface area contributed by atoms with Gasteiger partial charge in [-0.05, 0) is 61.2 Å². The van der Waals surface area contributed by atoms with Crippen LogP contribution in [0.15, 0.2) is 45.3 Å². The van der Waals surface area contributed by atoms with Crippen molar-refractivity contribution in [1.29, 1.82) is 0 Å². The third-order valence-corrected chi connectivity index (χ3v) is 4.83. The molecular formula is C16H13Br2ClO2. The van der Waals surface area contributed by atoms with Crippen molar-refractivity contribution in [2.75, 3.05) is 6.61 Å². The summed E-state index contributed by atoms with van der Waals surface area (Å²) < 4.78 is 13.6. The molecule has 21 heavy (non-hydrogen) atoms. The molecule has 1 aliphatic heterocycles. The van der Waals surface area contributed by atoms with Crippen LogP contribution in [-0.4, -0.2) is 12.7 Å². The standard InChI is InChI=1S/C16H13Br2ClO2/c17-13-5-10(8-19)6-14(18)16(13)20-9-12-7-11-3-1-2-4-15(11)21-12/h1-6,12H,7-9H2. The second kappa shape index (κ2) is 6.59. The van der Waals surface area contributed by atoms with Gasteiger partial charge < -0.3 is 9.47 Å². The molecule has 0 N–H and O–H groups in total. The van der Waals surface area contributed by atoms with Crippen LogP contribution in [0.2, 0.25) is 0 Å². The number of fused-ring (bicyclic) bond motifs is 1. The fourth-order valence-electron chi connectivity index (χ4n) is 2.35. The first kappa shape index (κ1) is 15.2. The zero-order chi connectivity index (χ0) is 14.8. The van der Waals surface area contributed by atoms with Gasteiger partial charge in [-0.1, -0.05) is 18.2 Å². The Morgan fingerprint density at radius 3 is 2.57 bits per heavy atom. The van der Waals surface area contributed by atoms with Crippen LogP contribution in [0, 0.1) is 0 Å². The fourth-order valence-corrected chi connectivity index (χ4v) is 4.02. The molecule has 0 saturated heterocycles. The van der Waals surface area contributed by atoms with Crippen molar-refractivity contribution in [3.8, 4) is 11.5 Å². The fraction of sp³-hybridized carbons (Fsp3) is 0.250. The van der Waals surface area contributed by atoms with E-state index in [0.717, 1.165) is 32.4 Å². The lowest BCUT2D eigenvalue weighted by atomic mass is 10.1. The lowest BCUT2D eigenvalue weighted by molar-refractivity contribution is 0.147. The molecule has 0 spiro atoms. The van der Waals surface area contributed by atoms with Crippen LogP contribution in [0.5, 0.6) is 11.5 Å². The summed E-state index contributed by atoms with van der Waals surface area (Å²) >= 11 is 12.9. The molecule has 1 atom stereocenters. The Labute approximate surface area is 145 Å². The maximum absolute atomic E-state index is 5.92. The van der Waals surface area contributed by atoms with Gasteiger partial charge in [-0.15, -0.1) is 11.6 Å². The van der Waals surface area contributed by atoms with Crippen LogP contribution in [0.4, 0.5) is 0 Å². The smallest absolute Gasteiger partial charge is 0.147 e. The van der Waals surface area contributed by atoms with Crippen LogP contribution in [-0.2, 0) is 12.3 Å².